The summed E-state index contributed by atoms with van der Waals surface area (Å²) in [6.07, 6.45) is 6.76. The van der Waals surface area contributed by atoms with Gasteiger partial charge in [-0.05, 0) is 74.8 Å². The summed E-state index contributed by atoms with van der Waals surface area (Å²) in [6, 6.07) is 15.7. The van der Waals surface area contributed by atoms with Crippen LogP contribution in [0.25, 0.3) is 11.3 Å². The Balaban J connectivity index is 1.71. The molecule has 172 valence electrons. The minimum absolute atomic E-state index is 0.609. The fourth-order valence-corrected chi connectivity index (χ4v) is 5.28. The average Bonchev–Trinajstić information content (AvgIpc) is 3.22. The zero-order valence-electron chi connectivity index (χ0n) is 20.4. The maximum atomic E-state index is 5.06. The zero-order chi connectivity index (χ0) is 23.4. The first-order chi connectivity index (χ1) is 15.9. The Morgan fingerprint density at radius 3 is 2.39 bits per heavy atom. The quantitative estimate of drug-likeness (QED) is 0.269. The third-order valence-electron chi connectivity index (χ3n) is 6.63. The van der Waals surface area contributed by atoms with Crippen LogP contribution in [0.5, 0.6) is 0 Å². The van der Waals surface area contributed by atoms with Crippen molar-refractivity contribution >= 4 is 17.0 Å². The molecule has 33 heavy (non-hydrogen) atoms. The van der Waals surface area contributed by atoms with E-state index in [2.05, 4.69) is 75.2 Å². The van der Waals surface area contributed by atoms with Gasteiger partial charge >= 0.3 is 0 Å². The Bertz CT molecular complexity index is 1220. The molecule has 3 nitrogen and oxygen atoms in total. The normalized spacial score (nSPS) is 15.8. The predicted molar refractivity (Wildman–Crippen MR) is 142 cm³/mol. The van der Waals surface area contributed by atoms with Gasteiger partial charge in [0.1, 0.15) is 0 Å². The van der Waals surface area contributed by atoms with Gasteiger partial charge in [0.2, 0.25) is 4.80 Å². The van der Waals surface area contributed by atoms with Gasteiger partial charge in [0.25, 0.3) is 0 Å². The van der Waals surface area contributed by atoms with E-state index < -0.39 is 0 Å². The van der Waals surface area contributed by atoms with Crippen molar-refractivity contribution in [2.24, 2.45) is 10.1 Å². The molecule has 0 unspecified atom stereocenters. The van der Waals surface area contributed by atoms with Crippen LogP contribution in [0.3, 0.4) is 0 Å². The number of rotatable bonds is 6. The Kier molecular flexibility index (Phi) is 7.44. The zero-order valence-corrected chi connectivity index (χ0v) is 21.2. The van der Waals surface area contributed by atoms with Gasteiger partial charge in [-0.3, -0.25) is 4.99 Å². The first-order valence-electron chi connectivity index (χ1n) is 12.0. The van der Waals surface area contributed by atoms with E-state index in [0.29, 0.717) is 6.54 Å². The van der Waals surface area contributed by atoms with Crippen LogP contribution < -0.4 is 4.80 Å². The highest BCUT2D eigenvalue weighted by atomic mass is 32.1. The predicted octanol–water partition coefficient (Wildman–Crippen LogP) is 7.63. The molecular weight excluding hydrogens is 422 g/mol. The molecular formula is C29H35N3S. The Labute approximate surface area is 202 Å². The van der Waals surface area contributed by atoms with E-state index in [0.717, 1.165) is 38.8 Å². The molecule has 0 bridgehead atoms. The minimum atomic E-state index is 0.609. The largest absolute Gasteiger partial charge is 0.253 e. The molecule has 0 aliphatic heterocycles. The first kappa shape index (κ1) is 23.4. The molecule has 1 aliphatic carbocycles. The minimum Gasteiger partial charge on any atom is -0.253 e. The average molecular weight is 458 g/mol. The molecule has 1 saturated carbocycles. The van der Waals surface area contributed by atoms with E-state index in [1.54, 1.807) is 11.3 Å². The summed E-state index contributed by atoms with van der Waals surface area (Å²) in [7, 11) is 0. The van der Waals surface area contributed by atoms with Crippen LogP contribution in [0, 0.1) is 13.8 Å². The maximum Gasteiger partial charge on any atom is 0.206 e. The number of benzene rings is 2. The number of nitrogens with zero attached hydrogens (tertiary/aromatic N) is 3. The van der Waals surface area contributed by atoms with Crippen molar-refractivity contribution in [3.63, 3.8) is 0 Å². The molecule has 4 rings (SSSR count). The van der Waals surface area contributed by atoms with E-state index in [1.807, 2.05) is 11.6 Å². The van der Waals surface area contributed by atoms with Gasteiger partial charge < -0.3 is 0 Å². The Morgan fingerprint density at radius 1 is 1.00 bits per heavy atom. The summed E-state index contributed by atoms with van der Waals surface area (Å²) in [5.74, 6) is 0.722. The monoisotopic (exact) mass is 457 g/mol. The highest BCUT2D eigenvalue weighted by molar-refractivity contribution is 7.07. The van der Waals surface area contributed by atoms with Crippen molar-refractivity contribution in [3.8, 4) is 11.3 Å². The van der Waals surface area contributed by atoms with Crippen LogP contribution in [-0.2, 0) is 0 Å². The lowest BCUT2D eigenvalue weighted by molar-refractivity contribution is 0.443. The molecule has 0 atom stereocenters. The van der Waals surface area contributed by atoms with Gasteiger partial charge in [-0.1, -0.05) is 67.8 Å². The van der Waals surface area contributed by atoms with Gasteiger partial charge in [-0.15, -0.1) is 11.3 Å². The van der Waals surface area contributed by atoms with Crippen LogP contribution in [-0.4, -0.2) is 16.9 Å². The van der Waals surface area contributed by atoms with E-state index >= 15 is 0 Å². The lowest BCUT2D eigenvalue weighted by Crippen LogP contribution is -2.15. The fraction of sp³-hybridized carbons (Fsp3) is 0.379. The van der Waals surface area contributed by atoms with Gasteiger partial charge in [0.15, 0.2) is 0 Å². The van der Waals surface area contributed by atoms with E-state index in [9.17, 15) is 0 Å². The number of thiazole rings is 1. The van der Waals surface area contributed by atoms with Gasteiger partial charge in [0.05, 0.1) is 18.0 Å². The maximum absolute atomic E-state index is 5.06. The SMILES string of the molecule is C=C(C)CN=c1scc(-c2ccc(C)c(C)c2)n1/N=C(\C)c1ccc(C2CCCCC2)cc1. The molecule has 1 aliphatic rings. The number of aromatic nitrogens is 1. The summed E-state index contributed by atoms with van der Waals surface area (Å²) in [4.78, 5) is 5.68. The van der Waals surface area contributed by atoms with Gasteiger partial charge in [0, 0.05) is 10.9 Å². The van der Waals surface area contributed by atoms with Crippen LogP contribution in [0.4, 0.5) is 0 Å². The van der Waals surface area contributed by atoms with Crippen LogP contribution in [0.15, 0.2) is 70.1 Å². The summed E-state index contributed by atoms with van der Waals surface area (Å²) < 4.78 is 2.00. The molecule has 0 saturated heterocycles. The summed E-state index contributed by atoms with van der Waals surface area (Å²) in [6.45, 7) is 13.0. The Hall–Kier alpha value is -2.72. The molecule has 2 aromatic carbocycles. The van der Waals surface area contributed by atoms with Gasteiger partial charge in [-0.2, -0.15) is 5.10 Å². The first-order valence-corrected chi connectivity index (χ1v) is 12.9. The third-order valence-corrected chi connectivity index (χ3v) is 7.48. The highest BCUT2D eigenvalue weighted by Crippen LogP contribution is 2.32. The second kappa shape index (κ2) is 10.5. The Morgan fingerprint density at radius 2 is 1.73 bits per heavy atom. The van der Waals surface area contributed by atoms with Crippen molar-refractivity contribution < 1.29 is 0 Å². The lowest BCUT2D eigenvalue weighted by Gasteiger charge is -2.22. The second-order valence-electron chi connectivity index (χ2n) is 9.43. The molecule has 1 aromatic heterocycles. The number of aryl methyl sites for hydroxylation is 2. The second-order valence-corrected chi connectivity index (χ2v) is 10.3. The topological polar surface area (TPSA) is 29.6 Å². The molecule has 0 N–H and O–H groups in total. The van der Waals surface area contributed by atoms with E-state index in [1.165, 1.54) is 48.8 Å². The molecule has 0 amide bonds. The van der Waals surface area contributed by atoms with Crippen molar-refractivity contribution in [3.05, 3.63) is 87.1 Å². The van der Waals surface area contributed by atoms with Crippen LogP contribution in [0.2, 0.25) is 0 Å². The molecule has 3 aromatic rings. The van der Waals surface area contributed by atoms with E-state index in [4.69, 9.17) is 10.1 Å². The fourth-order valence-electron chi connectivity index (χ4n) is 4.45. The van der Waals surface area contributed by atoms with Crippen LogP contribution >= 0.6 is 11.3 Å². The summed E-state index contributed by atoms with van der Waals surface area (Å²) >= 11 is 1.63. The summed E-state index contributed by atoms with van der Waals surface area (Å²) in [5, 5.41) is 7.22. The van der Waals surface area contributed by atoms with Gasteiger partial charge in [-0.25, -0.2) is 4.68 Å². The molecule has 1 fully saturated rings. The van der Waals surface area contributed by atoms with Crippen molar-refractivity contribution in [1.29, 1.82) is 0 Å². The van der Waals surface area contributed by atoms with Crippen molar-refractivity contribution in [1.82, 2.24) is 4.68 Å². The van der Waals surface area contributed by atoms with Crippen molar-refractivity contribution in [2.45, 2.75) is 65.7 Å². The highest BCUT2D eigenvalue weighted by Gasteiger charge is 2.15. The third kappa shape index (κ3) is 5.62. The van der Waals surface area contributed by atoms with Crippen LogP contribution in [0.1, 0.15) is 74.1 Å². The number of hydrogen-bond donors (Lipinski definition) is 0. The van der Waals surface area contributed by atoms with E-state index in [-0.39, 0.29) is 0 Å². The van der Waals surface area contributed by atoms with Crippen molar-refractivity contribution in [2.75, 3.05) is 6.54 Å². The molecule has 0 spiro atoms. The molecule has 0 radical (unpaired) electrons. The molecule has 4 heteroatoms. The smallest absolute Gasteiger partial charge is 0.206 e. The molecule has 1 heterocycles. The lowest BCUT2D eigenvalue weighted by atomic mass is 9.84. The number of hydrogen-bond acceptors (Lipinski definition) is 3. The summed E-state index contributed by atoms with van der Waals surface area (Å²) in [5.41, 5.74) is 9.48. The standard InChI is InChI=1S/C29H35N3S/c1-20(2)18-30-29-32(28(19-33-29)27-12-11-21(3)22(4)17-27)31-23(5)24-13-15-26(16-14-24)25-9-7-6-8-10-25/h11-17,19,25H,1,6-10,18H2,2-5H3/b30-29?,31-23+.